The highest BCUT2D eigenvalue weighted by molar-refractivity contribution is 7.88. The molecule has 8 heteroatoms. The van der Waals surface area contributed by atoms with Gasteiger partial charge in [0.15, 0.2) is 0 Å². The highest BCUT2D eigenvalue weighted by atomic mass is 32.2. The maximum absolute atomic E-state index is 13.2. The van der Waals surface area contributed by atoms with Crippen molar-refractivity contribution in [3.8, 4) is 0 Å². The van der Waals surface area contributed by atoms with Crippen LogP contribution >= 0.6 is 0 Å². The molecule has 2 aliphatic rings. The Morgan fingerprint density at radius 1 is 1.10 bits per heavy atom. The number of carbonyl (C=O) groups excluding carboxylic acids is 1. The molecule has 4 nitrogen and oxygen atoms in total. The molecule has 2 heterocycles. The lowest BCUT2D eigenvalue weighted by atomic mass is 9.70. The van der Waals surface area contributed by atoms with Crippen LogP contribution in [0.4, 0.5) is 13.2 Å². The molecule has 30 heavy (non-hydrogen) atoms. The zero-order valence-corrected chi connectivity index (χ0v) is 16.9. The molecule has 2 atom stereocenters. The van der Waals surface area contributed by atoms with E-state index in [-0.39, 0.29) is 23.8 Å². The van der Waals surface area contributed by atoms with Gasteiger partial charge in [0.2, 0.25) is 5.91 Å². The number of nitrogens with zero attached hydrogens (tertiary/aromatic N) is 2. The quantitative estimate of drug-likeness (QED) is 0.706. The summed E-state index contributed by atoms with van der Waals surface area (Å²) in [5.41, 5.74) is 1.11. The number of rotatable bonds is 5. The van der Waals surface area contributed by atoms with Gasteiger partial charge in [-0.2, -0.15) is 13.2 Å². The van der Waals surface area contributed by atoms with Crippen LogP contribution in [0.15, 0.2) is 60.3 Å². The smallest absolute Gasteiger partial charge is 0.331 e. The summed E-state index contributed by atoms with van der Waals surface area (Å²) in [5, 5.41) is 1.63. The van der Waals surface area contributed by atoms with Crippen LogP contribution in [0.2, 0.25) is 0 Å². The normalized spacial score (nSPS) is 25.7. The molecule has 1 aromatic carbocycles. The third-order valence-corrected chi connectivity index (χ3v) is 6.90. The van der Waals surface area contributed by atoms with E-state index >= 15 is 0 Å². The van der Waals surface area contributed by atoms with E-state index in [1.807, 2.05) is 18.2 Å². The van der Waals surface area contributed by atoms with Gasteiger partial charge in [-0.05, 0) is 54.2 Å². The molecule has 2 aromatic rings. The van der Waals surface area contributed by atoms with Crippen molar-refractivity contribution >= 4 is 16.7 Å². The van der Waals surface area contributed by atoms with Gasteiger partial charge in [0, 0.05) is 41.1 Å². The Hall–Kier alpha value is -2.48. The molecule has 1 aliphatic heterocycles. The lowest BCUT2D eigenvalue weighted by Gasteiger charge is -2.39. The van der Waals surface area contributed by atoms with Crippen molar-refractivity contribution in [2.75, 3.05) is 5.75 Å². The van der Waals surface area contributed by atoms with E-state index in [1.54, 1.807) is 22.7 Å². The SMILES string of the molecule is O=C(C1CC(c2ccc(C(F)(F)F)cc2)C1)N(Cc1ccncc1)C1C=CS(=O)C1. The summed E-state index contributed by atoms with van der Waals surface area (Å²) >= 11 is 0. The minimum Gasteiger partial charge on any atom is -0.331 e. The number of benzene rings is 1. The van der Waals surface area contributed by atoms with Gasteiger partial charge < -0.3 is 4.90 Å². The van der Waals surface area contributed by atoms with Crippen LogP contribution in [0.3, 0.4) is 0 Å². The molecule has 2 unspecified atom stereocenters. The molecule has 0 bridgehead atoms. The summed E-state index contributed by atoms with van der Waals surface area (Å²) in [5.74, 6) is 0.300. The molecule has 0 spiro atoms. The molecule has 1 aliphatic carbocycles. The van der Waals surface area contributed by atoms with Crippen LogP contribution in [-0.2, 0) is 28.3 Å². The van der Waals surface area contributed by atoms with Crippen LogP contribution in [0.5, 0.6) is 0 Å². The molecular weight excluding hydrogens is 413 g/mol. The van der Waals surface area contributed by atoms with Crippen molar-refractivity contribution in [1.82, 2.24) is 9.88 Å². The fourth-order valence-corrected chi connectivity index (χ4v) is 5.06. The fraction of sp³-hybridized carbons (Fsp3) is 0.364. The Morgan fingerprint density at radius 3 is 2.33 bits per heavy atom. The van der Waals surface area contributed by atoms with Gasteiger partial charge in [-0.1, -0.05) is 18.2 Å². The largest absolute Gasteiger partial charge is 0.416 e. The lowest BCUT2D eigenvalue weighted by molar-refractivity contribution is -0.140. The second-order valence-corrected chi connectivity index (χ2v) is 9.12. The summed E-state index contributed by atoms with van der Waals surface area (Å²) in [4.78, 5) is 19.0. The van der Waals surface area contributed by atoms with Crippen molar-refractivity contribution in [2.24, 2.45) is 5.92 Å². The summed E-state index contributed by atoms with van der Waals surface area (Å²) in [6.45, 7) is 0.412. The van der Waals surface area contributed by atoms with Crippen molar-refractivity contribution in [3.05, 3.63) is 77.0 Å². The summed E-state index contributed by atoms with van der Waals surface area (Å²) < 4.78 is 50.1. The molecule has 0 radical (unpaired) electrons. The zero-order chi connectivity index (χ0) is 21.3. The molecular formula is C22H21F3N2O2S. The maximum Gasteiger partial charge on any atom is 0.416 e. The topological polar surface area (TPSA) is 50.3 Å². The van der Waals surface area contributed by atoms with Crippen molar-refractivity contribution in [1.29, 1.82) is 0 Å². The van der Waals surface area contributed by atoms with Crippen LogP contribution < -0.4 is 0 Å². The molecule has 0 saturated heterocycles. The molecule has 1 fully saturated rings. The first-order valence-corrected chi connectivity index (χ1v) is 11.1. The highest BCUT2D eigenvalue weighted by Crippen LogP contribution is 2.43. The second-order valence-electron chi connectivity index (χ2n) is 7.75. The van der Waals surface area contributed by atoms with E-state index in [2.05, 4.69) is 4.98 Å². The van der Waals surface area contributed by atoms with E-state index in [9.17, 15) is 22.2 Å². The van der Waals surface area contributed by atoms with Crippen molar-refractivity contribution in [3.63, 3.8) is 0 Å². The molecule has 1 amide bonds. The standard InChI is InChI=1S/C22H21F3N2O2S/c23-22(24,25)19-3-1-16(2-4-19)17-11-18(12-17)21(28)27(20-7-10-30(29)14-20)13-15-5-8-26-9-6-15/h1-10,17-18,20H,11-14H2. The van der Waals surface area contributed by atoms with E-state index in [0.717, 1.165) is 23.3 Å². The Bertz CT molecular complexity index is 955. The monoisotopic (exact) mass is 434 g/mol. The molecule has 158 valence electrons. The zero-order valence-electron chi connectivity index (χ0n) is 16.1. The first-order chi connectivity index (χ1) is 14.3. The van der Waals surface area contributed by atoms with Gasteiger partial charge in [-0.3, -0.25) is 14.0 Å². The van der Waals surface area contributed by atoms with Gasteiger partial charge in [-0.15, -0.1) is 0 Å². The molecule has 4 rings (SSSR count). The maximum atomic E-state index is 13.2. The molecule has 1 saturated carbocycles. The van der Waals surface area contributed by atoms with Crippen molar-refractivity contribution in [2.45, 2.75) is 37.5 Å². The Balaban J connectivity index is 1.43. The molecule has 0 N–H and O–H groups in total. The summed E-state index contributed by atoms with van der Waals surface area (Å²) in [7, 11) is -1.07. The first kappa shape index (κ1) is 20.8. The van der Waals surface area contributed by atoms with Gasteiger partial charge in [-0.25, -0.2) is 0 Å². The molecule has 1 aromatic heterocycles. The summed E-state index contributed by atoms with van der Waals surface area (Å²) in [6.07, 6.45) is 2.03. The lowest BCUT2D eigenvalue weighted by Crippen LogP contribution is -2.46. The van der Waals surface area contributed by atoms with Crippen LogP contribution in [-0.4, -0.2) is 31.8 Å². The predicted octanol–water partition coefficient (Wildman–Crippen LogP) is 4.27. The number of hydrogen-bond donors (Lipinski definition) is 0. The van der Waals surface area contributed by atoms with Crippen LogP contribution in [0, 0.1) is 5.92 Å². The van der Waals surface area contributed by atoms with E-state index in [4.69, 9.17) is 0 Å². The van der Waals surface area contributed by atoms with E-state index < -0.39 is 22.5 Å². The number of carbonyl (C=O) groups is 1. The average molecular weight is 434 g/mol. The van der Waals surface area contributed by atoms with Gasteiger partial charge >= 0.3 is 6.18 Å². The Labute approximate surface area is 175 Å². The van der Waals surface area contributed by atoms with Crippen molar-refractivity contribution < 1.29 is 22.2 Å². The van der Waals surface area contributed by atoms with E-state index in [1.165, 1.54) is 12.1 Å². The van der Waals surface area contributed by atoms with Gasteiger partial charge in [0.1, 0.15) is 0 Å². The van der Waals surface area contributed by atoms with Gasteiger partial charge in [0.05, 0.1) is 17.4 Å². The van der Waals surface area contributed by atoms with Gasteiger partial charge in [0.25, 0.3) is 0 Å². The van der Waals surface area contributed by atoms with E-state index in [0.29, 0.717) is 25.1 Å². The number of pyridine rings is 1. The second kappa shape index (κ2) is 8.34. The number of halogens is 3. The minimum absolute atomic E-state index is 0.00326. The Morgan fingerprint density at radius 2 is 1.77 bits per heavy atom. The number of hydrogen-bond acceptors (Lipinski definition) is 3. The van der Waals surface area contributed by atoms with Crippen LogP contribution in [0.1, 0.15) is 35.4 Å². The average Bonchev–Trinajstić information content (AvgIpc) is 3.11. The third kappa shape index (κ3) is 4.48. The minimum atomic E-state index is -4.35. The number of alkyl halides is 3. The Kier molecular flexibility index (Phi) is 5.77. The summed E-state index contributed by atoms with van der Waals surface area (Å²) in [6, 6.07) is 8.69. The third-order valence-electron chi connectivity index (χ3n) is 5.77. The number of amides is 1. The number of aromatic nitrogens is 1. The fourth-order valence-electron chi connectivity index (χ4n) is 3.97. The van der Waals surface area contributed by atoms with Crippen LogP contribution in [0.25, 0.3) is 0 Å². The predicted molar refractivity (Wildman–Crippen MR) is 108 cm³/mol. The highest BCUT2D eigenvalue weighted by Gasteiger charge is 2.40. The first-order valence-electron chi connectivity index (χ1n) is 9.73.